The fraction of sp³-hybridized carbons (Fsp3) is 0.200. The number of hydrogen-bond donors (Lipinski definition) is 1. The molecule has 2 aromatic carbocycles. The Bertz CT molecular complexity index is 596. The van der Waals surface area contributed by atoms with Crippen LogP contribution < -0.4 is 5.32 Å². The topological polar surface area (TPSA) is 12.0 Å². The second kappa shape index (κ2) is 6.77. The maximum Gasteiger partial charge on any atom is 0.129 e. The Morgan fingerprint density at radius 2 is 1.85 bits per heavy atom. The van der Waals surface area contributed by atoms with E-state index in [0.29, 0.717) is 32.7 Å². The molecule has 0 saturated heterocycles. The first kappa shape index (κ1) is 15.6. The molecular weight excluding hydrogens is 320 g/mol. The van der Waals surface area contributed by atoms with Crippen LogP contribution in [0.15, 0.2) is 36.4 Å². The lowest BCUT2D eigenvalue weighted by molar-refractivity contribution is 0.559. The summed E-state index contributed by atoms with van der Waals surface area (Å²) in [6.07, 6.45) is 0. The fourth-order valence-corrected chi connectivity index (χ4v) is 2.77. The molecule has 5 heteroatoms. The average Bonchev–Trinajstić information content (AvgIpc) is 2.40. The van der Waals surface area contributed by atoms with Crippen LogP contribution in [0.2, 0.25) is 15.1 Å². The Kier molecular flexibility index (Phi) is 5.28. The van der Waals surface area contributed by atoms with Crippen molar-refractivity contribution in [1.29, 1.82) is 0 Å². The van der Waals surface area contributed by atoms with Crippen molar-refractivity contribution in [2.24, 2.45) is 0 Å². The second-order valence-electron chi connectivity index (χ2n) is 4.29. The maximum atomic E-state index is 14.1. The van der Waals surface area contributed by atoms with E-state index in [9.17, 15) is 4.39 Å². The van der Waals surface area contributed by atoms with Crippen LogP contribution in [-0.2, 0) is 0 Å². The summed E-state index contributed by atoms with van der Waals surface area (Å²) >= 11 is 18.4. The minimum Gasteiger partial charge on any atom is -0.306 e. The summed E-state index contributed by atoms with van der Waals surface area (Å²) in [7, 11) is 0. The number of hydrogen-bond acceptors (Lipinski definition) is 1. The minimum atomic E-state index is -0.445. The number of halogens is 4. The first-order valence-corrected chi connectivity index (χ1v) is 7.30. The largest absolute Gasteiger partial charge is 0.306 e. The lowest BCUT2D eigenvalue weighted by Gasteiger charge is -2.22. The lowest BCUT2D eigenvalue weighted by atomic mass is 9.98. The number of benzene rings is 2. The van der Waals surface area contributed by atoms with Gasteiger partial charge in [-0.15, -0.1) is 0 Å². The molecule has 0 aliphatic carbocycles. The molecule has 1 nitrogen and oxygen atoms in total. The van der Waals surface area contributed by atoms with Crippen LogP contribution in [0.25, 0.3) is 0 Å². The molecule has 1 unspecified atom stereocenters. The molecular formula is C15H13Cl3FN. The highest BCUT2D eigenvalue weighted by Crippen LogP contribution is 2.35. The van der Waals surface area contributed by atoms with Crippen LogP contribution in [0, 0.1) is 5.82 Å². The molecule has 1 N–H and O–H groups in total. The Hall–Kier alpha value is -0.800. The molecule has 1 atom stereocenters. The van der Waals surface area contributed by atoms with Gasteiger partial charge in [0.2, 0.25) is 0 Å². The first-order chi connectivity index (χ1) is 9.54. The molecule has 106 valence electrons. The van der Waals surface area contributed by atoms with Crippen molar-refractivity contribution in [2.75, 3.05) is 6.54 Å². The average molecular weight is 333 g/mol. The van der Waals surface area contributed by atoms with Gasteiger partial charge in [0.15, 0.2) is 0 Å². The Balaban J connectivity index is 2.59. The van der Waals surface area contributed by atoms with E-state index in [1.165, 1.54) is 6.07 Å². The first-order valence-electron chi connectivity index (χ1n) is 6.16. The summed E-state index contributed by atoms with van der Waals surface area (Å²) in [5, 5.41) is 4.61. The molecule has 0 aromatic heterocycles. The minimum absolute atomic E-state index is 0.354. The Labute approximate surface area is 132 Å². The monoisotopic (exact) mass is 331 g/mol. The molecule has 0 aliphatic heterocycles. The highest BCUT2D eigenvalue weighted by Gasteiger charge is 2.22. The molecule has 2 aromatic rings. The van der Waals surface area contributed by atoms with E-state index >= 15 is 0 Å². The van der Waals surface area contributed by atoms with Gasteiger partial charge in [0.05, 0.1) is 6.04 Å². The molecule has 0 heterocycles. The third-order valence-corrected chi connectivity index (χ3v) is 3.87. The summed E-state index contributed by atoms with van der Waals surface area (Å²) in [6, 6.07) is 9.27. The van der Waals surface area contributed by atoms with E-state index in [4.69, 9.17) is 34.8 Å². The van der Waals surface area contributed by atoms with Crippen molar-refractivity contribution in [2.45, 2.75) is 13.0 Å². The van der Waals surface area contributed by atoms with Gasteiger partial charge in [-0.05, 0) is 42.4 Å². The molecule has 0 radical (unpaired) electrons. The highest BCUT2D eigenvalue weighted by atomic mass is 35.5. The normalized spacial score (nSPS) is 12.4. The SMILES string of the molecule is CCNC(c1cc(Cl)ccc1Cl)c1c(F)cccc1Cl. The zero-order valence-corrected chi connectivity index (χ0v) is 13.0. The zero-order valence-electron chi connectivity index (χ0n) is 10.8. The van der Waals surface area contributed by atoms with Crippen LogP contribution in [0.4, 0.5) is 4.39 Å². The van der Waals surface area contributed by atoms with E-state index < -0.39 is 6.04 Å². The van der Waals surface area contributed by atoms with Crippen LogP contribution in [0.1, 0.15) is 24.1 Å². The van der Waals surface area contributed by atoms with Crippen LogP contribution in [0.5, 0.6) is 0 Å². The second-order valence-corrected chi connectivity index (χ2v) is 5.54. The van der Waals surface area contributed by atoms with Crippen molar-refractivity contribution in [1.82, 2.24) is 5.32 Å². The van der Waals surface area contributed by atoms with Crippen LogP contribution >= 0.6 is 34.8 Å². The molecule has 0 spiro atoms. The van der Waals surface area contributed by atoms with E-state index in [1.54, 1.807) is 30.3 Å². The van der Waals surface area contributed by atoms with Crippen molar-refractivity contribution >= 4 is 34.8 Å². The van der Waals surface area contributed by atoms with Gasteiger partial charge in [-0.2, -0.15) is 0 Å². The van der Waals surface area contributed by atoms with Gasteiger partial charge in [0.1, 0.15) is 5.82 Å². The summed E-state index contributed by atoms with van der Waals surface area (Å²) in [6.45, 7) is 2.57. The van der Waals surface area contributed by atoms with Gasteiger partial charge in [-0.1, -0.05) is 47.8 Å². The van der Waals surface area contributed by atoms with E-state index in [2.05, 4.69) is 5.32 Å². The third-order valence-electron chi connectivity index (χ3n) is 2.97. The quantitative estimate of drug-likeness (QED) is 0.781. The van der Waals surface area contributed by atoms with Gasteiger partial charge >= 0.3 is 0 Å². The van der Waals surface area contributed by atoms with Crippen LogP contribution in [0.3, 0.4) is 0 Å². The maximum absolute atomic E-state index is 14.1. The number of nitrogens with one attached hydrogen (secondary N) is 1. The molecule has 0 amide bonds. The Morgan fingerprint density at radius 3 is 2.50 bits per heavy atom. The molecule has 0 fully saturated rings. The van der Waals surface area contributed by atoms with Crippen molar-refractivity contribution in [3.8, 4) is 0 Å². The van der Waals surface area contributed by atoms with Gasteiger partial charge in [0, 0.05) is 20.6 Å². The lowest BCUT2D eigenvalue weighted by Crippen LogP contribution is -2.23. The van der Waals surface area contributed by atoms with E-state index in [1.807, 2.05) is 6.92 Å². The third kappa shape index (κ3) is 3.26. The fourth-order valence-electron chi connectivity index (χ4n) is 2.09. The van der Waals surface area contributed by atoms with Crippen LogP contribution in [-0.4, -0.2) is 6.54 Å². The summed E-state index contributed by atoms with van der Waals surface area (Å²) in [5.74, 6) is -0.375. The molecule has 0 bridgehead atoms. The predicted octanol–water partition coefficient (Wildman–Crippen LogP) is 5.48. The smallest absolute Gasteiger partial charge is 0.129 e. The van der Waals surface area contributed by atoms with Crippen molar-refractivity contribution in [3.05, 3.63) is 68.4 Å². The van der Waals surface area contributed by atoms with E-state index in [0.717, 1.165) is 0 Å². The zero-order chi connectivity index (χ0) is 14.7. The van der Waals surface area contributed by atoms with Crippen molar-refractivity contribution < 1.29 is 4.39 Å². The summed E-state index contributed by atoms with van der Waals surface area (Å²) < 4.78 is 14.1. The molecule has 0 aliphatic rings. The molecule has 20 heavy (non-hydrogen) atoms. The summed E-state index contributed by atoms with van der Waals surface area (Å²) in [5.41, 5.74) is 1.08. The van der Waals surface area contributed by atoms with E-state index in [-0.39, 0.29) is 5.82 Å². The highest BCUT2D eigenvalue weighted by molar-refractivity contribution is 6.34. The van der Waals surface area contributed by atoms with Crippen molar-refractivity contribution in [3.63, 3.8) is 0 Å². The van der Waals surface area contributed by atoms with Gasteiger partial charge < -0.3 is 5.32 Å². The number of rotatable bonds is 4. The molecule has 0 saturated carbocycles. The van der Waals surface area contributed by atoms with Gasteiger partial charge in [-0.3, -0.25) is 0 Å². The Morgan fingerprint density at radius 1 is 1.10 bits per heavy atom. The molecule has 2 rings (SSSR count). The van der Waals surface area contributed by atoms with Gasteiger partial charge in [0.25, 0.3) is 0 Å². The summed E-state index contributed by atoms with van der Waals surface area (Å²) in [4.78, 5) is 0. The van der Waals surface area contributed by atoms with Gasteiger partial charge in [-0.25, -0.2) is 4.39 Å². The predicted molar refractivity (Wildman–Crippen MR) is 83.4 cm³/mol. The standard InChI is InChI=1S/C15H13Cl3FN/c1-2-20-15(10-8-9(16)6-7-11(10)17)14-12(18)4-3-5-13(14)19/h3-8,15,20H,2H2,1H3.